The van der Waals surface area contributed by atoms with Crippen LogP contribution in [0.15, 0.2) is 0 Å². The summed E-state index contributed by atoms with van der Waals surface area (Å²) >= 11 is 0. The Hall–Kier alpha value is -1.52. The van der Waals surface area contributed by atoms with Gasteiger partial charge in [0.25, 0.3) is 0 Å². The van der Waals surface area contributed by atoms with E-state index in [2.05, 4.69) is 17.2 Å². The van der Waals surface area contributed by atoms with Gasteiger partial charge in [0.05, 0.1) is 7.11 Å². The molecule has 5 heteroatoms. The standard InChI is InChI=1S/C17H30N4O/c1-3-4-5-9-12-19-16-14(18)17(22-2)21-15(20-16)13-10-7-6-8-11-13/h13H,3-12,18H2,1-2H3,(H,19,20,21). The van der Waals surface area contributed by atoms with E-state index in [4.69, 9.17) is 15.5 Å². The minimum Gasteiger partial charge on any atom is -0.479 e. The molecule has 2 rings (SSSR count). The Morgan fingerprint density at radius 3 is 2.59 bits per heavy atom. The number of methoxy groups -OCH3 is 1. The van der Waals surface area contributed by atoms with E-state index in [0.29, 0.717) is 17.5 Å². The Labute approximate surface area is 134 Å². The largest absolute Gasteiger partial charge is 0.479 e. The lowest BCUT2D eigenvalue weighted by Gasteiger charge is -2.22. The van der Waals surface area contributed by atoms with Gasteiger partial charge in [0, 0.05) is 12.5 Å². The average Bonchev–Trinajstić information content (AvgIpc) is 2.57. The van der Waals surface area contributed by atoms with Gasteiger partial charge in [-0.15, -0.1) is 0 Å². The first kappa shape index (κ1) is 16.8. The van der Waals surface area contributed by atoms with Crippen molar-refractivity contribution in [1.29, 1.82) is 0 Å². The number of nitrogen functional groups attached to an aromatic ring is 1. The van der Waals surface area contributed by atoms with Crippen molar-refractivity contribution in [3.63, 3.8) is 0 Å². The third-order valence-corrected chi connectivity index (χ3v) is 4.41. The predicted octanol–water partition coefficient (Wildman–Crippen LogP) is 4.11. The normalized spacial score (nSPS) is 15.7. The van der Waals surface area contributed by atoms with Crippen LogP contribution in [-0.4, -0.2) is 23.6 Å². The number of aromatic nitrogens is 2. The van der Waals surface area contributed by atoms with Crippen LogP contribution in [-0.2, 0) is 0 Å². The van der Waals surface area contributed by atoms with Crippen molar-refractivity contribution in [1.82, 2.24) is 9.97 Å². The van der Waals surface area contributed by atoms with E-state index in [1.165, 1.54) is 51.4 Å². The fourth-order valence-corrected chi connectivity index (χ4v) is 3.06. The van der Waals surface area contributed by atoms with Crippen LogP contribution >= 0.6 is 0 Å². The Bertz CT molecular complexity index is 458. The van der Waals surface area contributed by atoms with Gasteiger partial charge in [0.15, 0.2) is 5.82 Å². The van der Waals surface area contributed by atoms with Gasteiger partial charge in [-0.1, -0.05) is 45.4 Å². The third-order valence-electron chi connectivity index (χ3n) is 4.41. The molecular formula is C17H30N4O. The predicted molar refractivity (Wildman–Crippen MR) is 91.5 cm³/mol. The molecule has 0 spiro atoms. The van der Waals surface area contributed by atoms with Crippen LogP contribution in [0.1, 0.15) is 76.5 Å². The van der Waals surface area contributed by atoms with Gasteiger partial charge in [0.1, 0.15) is 11.5 Å². The summed E-state index contributed by atoms with van der Waals surface area (Å²) in [7, 11) is 1.62. The van der Waals surface area contributed by atoms with E-state index in [0.717, 1.165) is 24.6 Å². The molecule has 1 aromatic heterocycles. The molecule has 1 fully saturated rings. The first-order valence-electron chi connectivity index (χ1n) is 8.71. The zero-order valence-electron chi connectivity index (χ0n) is 14.0. The first-order chi connectivity index (χ1) is 10.8. The highest BCUT2D eigenvalue weighted by atomic mass is 16.5. The molecule has 0 aliphatic heterocycles. The van der Waals surface area contributed by atoms with Gasteiger partial charge < -0.3 is 15.8 Å². The second-order valence-electron chi connectivity index (χ2n) is 6.18. The molecule has 1 aliphatic rings. The minimum atomic E-state index is 0.448. The van der Waals surface area contributed by atoms with Crippen molar-refractivity contribution < 1.29 is 4.74 Å². The summed E-state index contributed by atoms with van der Waals surface area (Å²) in [6.45, 7) is 3.12. The third kappa shape index (κ3) is 4.49. The molecule has 3 N–H and O–H groups in total. The maximum absolute atomic E-state index is 6.12. The number of hydrogen-bond donors (Lipinski definition) is 2. The zero-order chi connectivity index (χ0) is 15.8. The van der Waals surface area contributed by atoms with Gasteiger partial charge in [-0.25, -0.2) is 4.98 Å². The summed E-state index contributed by atoms with van der Waals surface area (Å²) in [5.74, 6) is 2.58. The summed E-state index contributed by atoms with van der Waals surface area (Å²) in [4.78, 5) is 9.23. The monoisotopic (exact) mass is 306 g/mol. The molecule has 0 atom stereocenters. The Morgan fingerprint density at radius 1 is 1.14 bits per heavy atom. The molecule has 0 radical (unpaired) electrons. The van der Waals surface area contributed by atoms with Gasteiger partial charge in [0.2, 0.25) is 5.88 Å². The number of rotatable bonds is 8. The fraction of sp³-hybridized carbons (Fsp3) is 0.765. The van der Waals surface area contributed by atoms with E-state index in [1.54, 1.807) is 7.11 Å². The van der Waals surface area contributed by atoms with E-state index in [9.17, 15) is 0 Å². The minimum absolute atomic E-state index is 0.448. The number of unbranched alkanes of at least 4 members (excludes halogenated alkanes) is 3. The van der Waals surface area contributed by atoms with Crippen LogP contribution < -0.4 is 15.8 Å². The topological polar surface area (TPSA) is 73.1 Å². The molecule has 1 heterocycles. The lowest BCUT2D eigenvalue weighted by molar-refractivity contribution is 0.385. The number of nitrogens with zero attached hydrogens (tertiary/aromatic N) is 2. The number of nitrogens with one attached hydrogen (secondary N) is 1. The molecule has 0 bridgehead atoms. The molecule has 0 unspecified atom stereocenters. The molecular weight excluding hydrogens is 276 g/mol. The summed E-state index contributed by atoms with van der Waals surface area (Å²) in [6, 6.07) is 0. The van der Waals surface area contributed by atoms with Gasteiger partial charge in [-0.2, -0.15) is 4.98 Å². The van der Waals surface area contributed by atoms with E-state index < -0.39 is 0 Å². The molecule has 124 valence electrons. The van der Waals surface area contributed by atoms with Crippen LogP contribution in [0.5, 0.6) is 5.88 Å². The number of hydrogen-bond acceptors (Lipinski definition) is 5. The maximum atomic E-state index is 6.12. The Morgan fingerprint density at radius 2 is 1.91 bits per heavy atom. The van der Waals surface area contributed by atoms with Gasteiger partial charge >= 0.3 is 0 Å². The first-order valence-corrected chi connectivity index (χ1v) is 8.71. The highest BCUT2D eigenvalue weighted by Gasteiger charge is 2.21. The lowest BCUT2D eigenvalue weighted by atomic mass is 9.88. The summed E-state index contributed by atoms with van der Waals surface area (Å²) in [5, 5.41) is 3.37. The molecule has 0 aromatic carbocycles. The molecule has 1 aliphatic carbocycles. The number of nitrogens with two attached hydrogens (primary N) is 1. The zero-order valence-corrected chi connectivity index (χ0v) is 14.0. The van der Waals surface area contributed by atoms with Crippen LogP contribution in [0, 0.1) is 0 Å². The maximum Gasteiger partial charge on any atom is 0.242 e. The van der Waals surface area contributed by atoms with Crippen LogP contribution in [0.2, 0.25) is 0 Å². The van der Waals surface area contributed by atoms with E-state index in [-0.39, 0.29) is 0 Å². The molecule has 5 nitrogen and oxygen atoms in total. The summed E-state index contributed by atoms with van der Waals surface area (Å²) in [6.07, 6.45) is 11.1. The van der Waals surface area contributed by atoms with Crippen LogP contribution in [0.25, 0.3) is 0 Å². The second-order valence-corrected chi connectivity index (χ2v) is 6.18. The number of anilines is 2. The van der Waals surface area contributed by atoms with E-state index in [1.807, 2.05) is 0 Å². The van der Waals surface area contributed by atoms with Crippen molar-refractivity contribution in [3.8, 4) is 5.88 Å². The van der Waals surface area contributed by atoms with Gasteiger partial charge in [-0.3, -0.25) is 0 Å². The van der Waals surface area contributed by atoms with E-state index >= 15 is 0 Å². The summed E-state index contributed by atoms with van der Waals surface area (Å²) < 4.78 is 5.35. The van der Waals surface area contributed by atoms with Crippen LogP contribution in [0.4, 0.5) is 11.5 Å². The Kier molecular flexibility index (Phi) is 6.74. The molecule has 0 amide bonds. The van der Waals surface area contributed by atoms with Crippen molar-refractivity contribution in [2.45, 2.75) is 70.6 Å². The van der Waals surface area contributed by atoms with Gasteiger partial charge in [-0.05, 0) is 19.3 Å². The SMILES string of the molecule is CCCCCCNc1nc(C2CCCCC2)nc(OC)c1N. The Balaban J connectivity index is 2.06. The smallest absolute Gasteiger partial charge is 0.242 e. The average molecular weight is 306 g/mol. The van der Waals surface area contributed by atoms with Crippen molar-refractivity contribution in [2.75, 3.05) is 24.7 Å². The molecule has 0 saturated heterocycles. The van der Waals surface area contributed by atoms with Crippen molar-refractivity contribution in [2.24, 2.45) is 0 Å². The van der Waals surface area contributed by atoms with Crippen LogP contribution in [0.3, 0.4) is 0 Å². The lowest BCUT2D eigenvalue weighted by Crippen LogP contribution is -2.14. The highest BCUT2D eigenvalue weighted by Crippen LogP contribution is 2.34. The fourth-order valence-electron chi connectivity index (χ4n) is 3.06. The second kappa shape index (κ2) is 8.81. The quantitative estimate of drug-likeness (QED) is 0.707. The molecule has 22 heavy (non-hydrogen) atoms. The molecule has 1 aromatic rings. The highest BCUT2D eigenvalue weighted by molar-refractivity contribution is 5.67. The van der Waals surface area contributed by atoms with Crippen molar-refractivity contribution >= 4 is 11.5 Å². The number of ether oxygens (including phenoxy) is 1. The molecule has 1 saturated carbocycles. The summed E-state index contributed by atoms with van der Waals surface area (Å²) in [5.41, 5.74) is 6.65. The van der Waals surface area contributed by atoms with Crippen molar-refractivity contribution in [3.05, 3.63) is 5.82 Å².